The smallest absolute Gasteiger partial charge is 0.0495 e. The predicted molar refractivity (Wildman–Crippen MR) is 97.9 cm³/mol. The van der Waals surface area contributed by atoms with Gasteiger partial charge in [0.25, 0.3) is 0 Å². The summed E-state index contributed by atoms with van der Waals surface area (Å²) in [6.07, 6.45) is 6.00. The molecule has 0 aromatic heterocycles. The van der Waals surface area contributed by atoms with Crippen molar-refractivity contribution in [3.8, 4) is 0 Å². The van der Waals surface area contributed by atoms with Crippen molar-refractivity contribution >= 4 is 28.8 Å². The second kappa shape index (κ2) is 6.32. The molecule has 0 spiro atoms. The molecular weight excluding hydrogens is 325 g/mol. The topological polar surface area (TPSA) is 3.24 Å². The number of hydrogen-bond acceptors (Lipinski definition) is 1. The quantitative estimate of drug-likeness (QED) is 0.679. The summed E-state index contributed by atoms with van der Waals surface area (Å²) < 4.78 is 0. The van der Waals surface area contributed by atoms with Crippen molar-refractivity contribution in [1.29, 1.82) is 0 Å². The van der Waals surface area contributed by atoms with Crippen molar-refractivity contribution in [2.24, 2.45) is 0 Å². The average Bonchev–Trinajstić information content (AvgIpc) is 2.78. The molecule has 23 heavy (non-hydrogen) atoms. The molecule has 0 N–H and O–H groups in total. The van der Waals surface area contributed by atoms with Gasteiger partial charge >= 0.3 is 0 Å². The number of benzene rings is 2. The van der Waals surface area contributed by atoms with Crippen molar-refractivity contribution < 1.29 is 0 Å². The highest BCUT2D eigenvalue weighted by molar-refractivity contribution is 6.35. The molecule has 1 fully saturated rings. The fraction of sp³-hybridized carbons (Fsp3) is 0.300. The summed E-state index contributed by atoms with van der Waals surface area (Å²) in [5, 5.41) is 1.46. The maximum atomic E-state index is 6.41. The van der Waals surface area contributed by atoms with E-state index in [4.69, 9.17) is 23.2 Å². The molecule has 0 amide bonds. The summed E-state index contributed by atoms with van der Waals surface area (Å²) in [7, 11) is 0. The van der Waals surface area contributed by atoms with E-state index in [1.807, 2.05) is 12.1 Å². The van der Waals surface area contributed by atoms with Crippen LogP contribution in [0.5, 0.6) is 0 Å². The molecule has 118 valence electrons. The summed E-state index contributed by atoms with van der Waals surface area (Å²) in [5.74, 6) is 0. The first kappa shape index (κ1) is 15.3. The standard InChI is InChI=1S/C20H19Cl2N/c21-16-6-9-19(20(22)12-16)15-10-17-7-8-18(11-15)23(17)13-14-4-2-1-3-5-14/h1-6,9-10,12,17-18H,7-8,11,13H2. The van der Waals surface area contributed by atoms with E-state index in [0.29, 0.717) is 17.1 Å². The van der Waals surface area contributed by atoms with E-state index < -0.39 is 0 Å². The molecule has 2 aromatic carbocycles. The van der Waals surface area contributed by atoms with Crippen molar-refractivity contribution in [3.05, 3.63) is 75.8 Å². The summed E-state index contributed by atoms with van der Waals surface area (Å²) in [4.78, 5) is 2.64. The van der Waals surface area contributed by atoms with Gasteiger partial charge in [0.15, 0.2) is 0 Å². The lowest BCUT2D eigenvalue weighted by Gasteiger charge is -2.34. The van der Waals surface area contributed by atoms with E-state index in [1.165, 1.54) is 24.0 Å². The Balaban J connectivity index is 1.59. The van der Waals surface area contributed by atoms with Gasteiger partial charge in [-0.05, 0) is 48.1 Å². The summed E-state index contributed by atoms with van der Waals surface area (Å²) in [6.45, 7) is 1.04. The van der Waals surface area contributed by atoms with Crippen molar-refractivity contribution in [2.45, 2.75) is 37.9 Å². The Morgan fingerprint density at radius 2 is 1.83 bits per heavy atom. The van der Waals surface area contributed by atoms with Crippen LogP contribution in [0, 0.1) is 0 Å². The minimum absolute atomic E-state index is 0.524. The molecule has 1 saturated heterocycles. The predicted octanol–water partition coefficient (Wildman–Crippen LogP) is 5.81. The van der Waals surface area contributed by atoms with Gasteiger partial charge in [-0.15, -0.1) is 0 Å². The molecule has 4 rings (SSSR count). The number of hydrogen-bond donors (Lipinski definition) is 0. The van der Waals surface area contributed by atoms with Gasteiger partial charge in [-0.25, -0.2) is 0 Å². The monoisotopic (exact) mass is 343 g/mol. The Morgan fingerprint density at radius 3 is 2.57 bits per heavy atom. The van der Waals surface area contributed by atoms with Gasteiger partial charge in [0.1, 0.15) is 0 Å². The van der Waals surface area contributed by atoms with Crippen LogP contribution in [0.4, 0.5) is 0 Å². The van der Waals surface area contributed by atoms with Crippen LogP contribution in [-0.2, 0) is 6.54 Å². The van der Waals surface area contributed by atoms with Crippen LogP contribution < -0.4 is 0 Å². The van der Waals surface area contributed by atoms with Crippen LogP contribution in [-0.4, -0.2) is 17.0 Å². The summed E-state index contributed by atoms with van der Waals surface area (Å²) >= 11 is 12.4. The number of fused-ring (bicyclic) bond motifs is 2. The van der Waals surface area contributed by atoms with Crippen LogP contribution in [0.3, 0.4) is 0 Å². The fourth-order valence-corrected chi connectivity index (χ4v) is 4.44. The largest absolute Gasteiger partial charge is 0.289 e. The minimum Gasteiger partial charge on any atom is -0.289 e. The third kappa shape index (κ3) is 3.06. The third-order valence-corrected chi connectivity index (χ3v) is 5.57. The fourth-order valence-electron chi connectivity index (χ4n) is 3.91. The molecule has 2 aromatic rings. The molecule has 2 aliphatic rings. The van der Waals surface area contributed by atoms with Gasteiger partial charge in [0.2, 0.25) is 0 Å². The van der Waals surface area contributed by atoms with Crippen LogP contribution in [0.2, 0.25) is 10.0 Å². The van der Waals surface area contributed by atoms with Gasteiger partial charge < -0.3 is 0 Å². The Morgan fingerprint density at radius 1 is 1.00 bits per heavy atom. The van der Waals surface area contributed by atoms with E-state index in [9.17, 15) is 0 Å². The number of halogens is 2. The molecule has 0 aliphatic carbocycles. The van der Waals surface area contributed by atoms with E-state index in [2.05, 4.69) is 47.4 Å². The lowest BCUT2D eigenvalue weighted by atomic mass is 9.94. The van der Waals surface area contributed by atoms with E-state index >= 15 is 0 Å². The first-order chi connectivity index (χ1) is 11.2. The second-order valence-electron chi connectivity index (χ2n) is 6.48. The Kier molecular flexibility index (Phi) is 4.19. The molecule has 2 unspecified atom stereocenters. The lowest BCUT2D eigenvalue weighted by Crippen LogP contribution is -2.37. The normalized spacial score (nSPS) is 23.8. The van der Waals surface area contributed by atoms with Crippen LogP contribution >= 0.6 is 23.2 Å². The molecule has 0 saturated carbocycles. The van der Waals surface area contributed by atoms with Gasteiger partial charge in [-0.1, -0.05) is 65.7 Å². The molecule has 2 bridgehead atoms. The molecular formula is C20H19Cl2N. The zero-order chi connectivity index (χ0) is 15.8. The number of rotatable bonds is 3. The summed E-state index contributed by atoms with van der Waals surface area (Å²) in [5.41, 5.74) is 3.92. The SMILES string of the molecule is Clc1ccc(C2=CC3CCC(C2)N3Cc2ccccc2)c(Cl)c1. The maximum absolute atomic E-state index is 6.41. The van der Waals surface area contributed by atoms with E-state index in [1.54, 1.807) is 0 Å². The highest BCUT2D eigenvalue weighted by Gasteiger charge is 2.36. The minimum atomic E-state index is 0.524. The maximum Gasteiger partial charge on any atom is 0.0495 e. The first-order valence-corrected chi connectivity index (χ1v) is 8.92. The zero-order valence-corrected chi connectivity index (χ0v) is 14.4. The van der Waals surface area contributed by atoms with Crippen LogP contribution in [0.1, 0.15) is 30.4 Å². The van der Waals surface area contributed by atoms with Gasteiger partial charge in [0.05, 0.1) is 0 Å². The summed E-state index contributed by atoms with van der Waals surface area (Å²) in [6, 6.07) is 17.7. The van der Waals surface area contributed by atoms with Gasteiger partial charge in [0, 0.05) is 28.7 Å². The molecule has 0 radical (unpaired) electrons. The Labute approximate surface area is 147 Å². The Hall–Kier alpha value is -1.28. The van der Waals surface area contributed by atoms with Crippen molar-refractivity contribution in [3.63, 3.8) is 0 Å². The third-order valence-electron chi connectivity index (χ3n) is 5.02. The van der Waals surface area contributed by atoms with Crippen molar-refractivity contribution in [1.82, 2.24) is 4.90 Å². The second-order valence-corrected chi connectivity index (χ2v) is 7.32. The van der Waals surface area contributed by atoms with Crippen LogP contribution in [0.25, 0.3) is 5.57 Å². The molecule has 2 aliphatic heterocycles. The Bertz CT molecular complexity index is 739. The van der Waals surface area contributed by atoms with Crippen molar-refractivity contribution in [2.75, 3.05) is 0 Å². The first-order valence-electron chi connectivity index (χ1n) is 8.16. The molecule has 3 heteroatoms. The molecule has 2 atom stereocenters. The van der Waals surface area contributed by atoms with E-state index in [-0.39, 0.29) is 0 Å². The lowest BCUT2D eigenvalue weighted by molar-refractivity contribution is 0.203. The average molecular weight is 344 g/mol. The van der Waals surface area contributed by atoms with E-state index in [0.717, 1.165) is 23.6 Å². The molecule has 2 heterocycles. The highest BCUT2D eigenvalue weighted by atomic mass is 35.5. The molecule has 1 nitrogen and oxygen atoms in total. The van der Waals surface area contributed by atoms with Gasteiger partial charge in [-0.3, -0.25) is 4.90 Å². The highest BCUT2D eigenvalue weighted by Crippen LogP contribution is 2.41. The number of nitrogens with zero attached hydrogens (tertiary/aromatic N) is 1. The van der Waals surface area contributed by atoms with Crippen LogP contribution in [0.15, 0.2) is 54.6 Å². The zero-order valence-electron chi connectivity index (χ0n) is 12.9. The van der Waals surface area contributed by atoms with Gasteiger partial charge in [-0.2, -0.15) is 0 Å².